The molecule has 0 unspecified atom stereocenters. The zero-order chi connectivity index (χ0) is 24.7. The molecule has 7 nitrogen and oxygen atoms in total. The minimum absolute atomic E-state index is 0.117. The summed E-state index contributed by atoms with van der Waals surface area (Å²) >= 11 is 0. The molecule has 0 aliphatic carbocycles. The average Bonchev–Trinajstić information content (AvgIpc) is 3.47. The summed E-state index contributed by atoms with van der Waals surface area (Å²) in [7, 11) is 0. The molecule has 8 heteroatoms. The van der Waals surface area contributed by atoms with Crippen molar-refractivity contribution < 1.29 is 23.5 Å². The Morgan fingerprint density at radius 1 is 1.09 bits per heavy atom. The van der Waals surface area contributed by atoms with E-state index < -0.39 is 35.4 Å². The molecule has 0 saturated carbocycles. The SMILES string of the molecule is CC(C)CN1C(=O)[C@H]2[C@@H](C(=O)Nc3ccc(F)cc3)[C@H]3C=C[C@]2(O3)[C@@H]1C(=O)NCc1ccccc1. The van der Waals surface area contributed by atoms with Crippen molar-refractivity contribution in [2.45, 2.75) is 38.1 Å². The summed E-state index contributed by atoms with van der Waals surface area (Å²) in [5.74, 6) is -2.86. The number of fused-ring (bicyclic) bond motifs is 1. The van der Waals surface area contributed by atoms with Gasteiger partial charge < -0.3 is 20.3 Å². The molecule has 2 aromatic carbocycles. The van der Waals surface area contributed by atoms with Gasteiger partial charge in [-0.15, -0.1) is 0 Å². The van der Waals surface area contributed by atoms with Gasteiger partial charge >= 0.3 is 0 Å². The average molecular weight is 478 g/mol. The maximum Gasteiger partial charge on any atom is 0.246 e. The number of anilines is 1. The third kappa shape index (κ3) is 4.01. The van der Waals surface area contributed by atoms with Gasteiger partial charge in [0.15, 0.2) is 0 Å². The molecule has 0 aromatic heterocycles. The molecule has 3 aliphatic rings. The van der Waals surface area contributed by atoms with Crippen molar-refractivity contribution in [2.75, 3.05) is 11.9 Å². The van der Waals surface area contributed by atoms with E-state index in [2.05, 4.69) is 10.6 Å². The molecule has 2 bridgehead atoms. The lowest BCUT2D eigenvalue weighted by Crippen LogP contribution is -2.55. The summed E-state index contributed by atoms with van der Waals surface area (Å²) in [6.45, 7) is 4.65. The largest absolute Gasteiger partial charge is 0.359 e. The highest BCUT2D eigenvalue weighted by Crippen LogP contribution is 2.55. The van der Waals surface area contributed by atoms with E-state index in [4.69, 9.17) is 4.74 Å². The molecule has 1 spiro atoms. The Labute approximate surface area is 203 Å². The predicted octanol–water partition coefficient (Wildman–Crippen LogP) is 2.89. The van der Waals surface area contributed by atoms with Gasteiger partial charge in [0, 0.05) is 18.8 Å². The van der Waals surface area contributed by atoms with Crippen LogP contribution in [0.15, 0.2) is 66.7 Å². The fourth-order valence-corrected chi connectivity index (χ4v) is 5.50. The van der Waals surface area contributed by atoms with Crippen molar-refractivity contribution in [3.05, 3.63) is 78.1 Å². The van der Waals surface area contributed by atoms with Crippen LogP contribution < -0.4 is 10.6 Å². The summed E-state index contributed by atoms with van der Waals surface area (Å²) in [6.07, 6.45) is 2.94. The molecular formula is C27H28FN3O4. The number of hydrogen-bond acceptors (Lipinski definition) is 4. The van der Waals surface area contributed by atoms with E-state index in [1.807, 2.05) is 44.2 Å². The Morgan fingerprint density at radius 2 is 1.80 bits per heavy atom. The van der Waals surface area contributed by atoms with Gasteiger partial charge in [-0.2, -0.15) is 0 Å². The predicted molar refractivity (Wildman–Crippen MR) is 127 cm³/mol. The lowest BCUT2D eigenvalue weighted by Gasteiger charge is -2.32. The lowest BCUT2D eigenvalue weighted by atomic mass is 9.74. The molecule has 5 atom stereocenters. The summed E-state index contributed by atoms with van der Waals surface area (Å²) in [6, 6.07) is 14.1. The molecule has 2 aromatic rings. The molecule has 0 radical (unpaired) electrons. The van der Waals surface area contributed by atoms with Crippen molar-refractivity contribution >= 4 is 23.4 Å². The molecule has 3 heterocycles. The fourth-order valence-electron chi connectivity index (χ4n) is 5.50. The third-order valence-corrected chi connectivity index (χ3v) is 6.91. The number of amides is 3. The van der Waals surface area contributed by atoms with Crippen molar-refractivity contribution in [1.29, 1.82) is 0 Å². The summed E-state index contributed by atoms with van der Waals surface area (Å²) < 4.78 is 19.6. The zero-order valence-electron chi connectivity index (χ0n) is 19.6. The van der Waals surface area contributed by atoms with Gasteiger partial charge in [-0.25, -0.2) is 4.39 Å². The van der Waals surface area contributed by atoms with Gasteiger partial charge in [0.05, 0.1) is 17.9 Å². The smallest absolute Gasteiger partial charge is 0.246 e. The Kier molecular flexibility index (Phi) is 5.92. The van der Waals surface area contributed by atoms with E-state index in [0.717, 1.165) is 5.56 Å². The highest BCUT2D eigenvalue weighted by Gasteiger charge is 2.72. The van der Waals surface area contributed by atoms with Crippen LogP contribution >= 0.6 is 0 Å². The van der Waals surface area contributed by atoms with Crippen LogP contribution in [-0.4, -0.2) is 46.9 Å². The van der Waals surface area contributed by atoms with Crippen LogP contribution in [0.1, 0.15) is 19.4 Å². The van der Waals surface area contributed by atoms with E-state index in [0.29, 0.717) is 18.8 Å². The van der Waals surface area contributed by atoms with Crippen molar-refractivity contribution in [3.8, 4) is 0 Å². The van der Waals surface area contributed by atoms with Gasteiger partial charge in [0.2, 0.25) is 17.7 Å². The van der Waals surface area contributed by atoms with E-state index in [1.54, 1.807) is 17.1 Å². The van der Waals surface area contributed by atoms with Crippen molar-refractivity contribution in [1.82, 2.24) is 10.2 Å². The second-order valence-electron chi connectivity index (χ2n) is 9.79. The van der Waals surface area contributed by atoms with Gasteiger partial charge in [0.25, 0.3) is 0 Å². The van der Waals surface area contributed by atoms with E-state index in [9.17, 15) is 18.8 Å². The third-order valence-electron chi connectivity index (χ3n) is 6.91. The Hall–Kier alpha value is -3.52. The first-order valence-electron chi connectivity index (χ1n) is 11.9. The molecular weight excluding hydrogens is 449 g/mol. The monoisotopic (exact) mass is 477 g/mol. The second kappa shape index (κ2) is 8.92. The van der Waals surface area contributed by atoms with Gasteiger partial charge in [-0.05, 0) is 35.7 Å². The number of halogens is 1. The Morgan fingerprint density at radius 3 is 2.49 bits per heavy atom. The van der Waals surface area contributed by atoms with Gasteiger partial charge in [-0.3, -0.25) is 14.4 Å². The van der Waals surface area contributed by atoms with Gasteiger partial charge in [0.1, 0.15) is 17.5 Å². The van der Waals surface area contributed by atoms with E-state index >= 15 is 0 Å². The number of ether oxygens (including phenoxy) is 1. The standard InChI is InChI=1S/C27H28FN3O4/c1-16(2)15-31-23(25(33)29-14-17-6-4-3-5-7-17)27-13-12-20(35-27)21(22(27)26(31)34)24(32)30-19-10-8-18(28)9-11-19/h3-13,16,20-23H,14-15H2,1-2H3,(H,29,33)(H,30,32)/t20-,21+,22-,23+,27-/m1/s1. The van der Waals surface area contributed by atoms with Crippen LogP contribution in [0.3, 0.4) is 0 Å². The zero-order valence-corrected chi connectivity index (χ0v) is 19.6. The second-order valence-corrected chi connectivity index (χ2v) is 9.79. The number of likely N-dealkylation sites (tertiary alicyclic amines) is 1. The molecule has 5 rings (SSSR count). The molecule has 3 amide bonds. The Bertz CT molecular complexity index is 1170. The summed E-state index contributed by atoms with van der Waals surface area (Å²) in [5, 5.41) is 5.74. The van der Waals surface area contributed by atoms with Crippen LogP contribution in [0.5, 0.6) is 0 Å². The van der Waals surface area contributed by atoms with Crippen molar-refractivity contribution in [2.24, 2.45) is 17.8 Å². The summed E-state index contributed by atoms with van der Waals surface area (Å²) in [4.78, 5) is 42.1. The summed E-state index contributed by atoms with van der Waals surface area (Å²) in [5.41, 5.74) is 0.166. The minimum atomic E-state index is -1.21. The van der Waals surface area contributed by atoms with Crippen LogP contribution in [0.25, 0.3) is 0 Å². The maximum absolute atomic E-state index is 13.7. The number of hydrogen-bond donors (Lipinski definition) is 2. The Balaban J connectivity index is 1.42. The number of nitrogens with zero attached hydrogens (tertiary/aromatic N) is 1. The number of nitrogens with one attached hydrogen (secondary N) is 2. The van der Waals surface area contributed by atoms with E-state index in [-0.39, 0.29) is 23.6 Å². The highest BCUT2D eigenvalue weighted by atomic mass is 19.1. The van der Waals surface area contributed by atoms with Crippen LogP contribution in [-0.2, 0) is 25.7 Å². The number of rotatable bonds is 7. The molecule has 3 aliphatic heterocycles. The maximum atomic E-state index is 13.7. The molecule has 2 N–H and O–H groups in total. The number of carbonyl (C=O) groups is 3. The molecule has 35 heavy (non-hydrogen) atoms. The first-order chi connectivity index (χ1) is 16.8. The topological polar surface area (TPSA) is 87.7 Å². The van der Waals surface area contributed by atoms with Gasteiger partial charge in [-0.1, -0.05) is 56.3 Å². The number of benzene rings is 2. The highest BCUT2D eigenvalue weighted by molar-refractivity contribution is 6.02. The van der Waals surface area contributed by atoms with E-state index in [1.165, 1.54) is 24.3 Å². The first-order valence-corrected chi connectivity index (χ1v) is 11.9. The molecule has 2 saturated heterocycles. The quantitative estimate of drug-likeness (QED) is 0.601. The lowest BCUT2D eigenvalue weighted by molar-refractivity contribution is -0.141. The number of carbonyl (C=O) groups excluding carboxylic acids is 3. The van der Waals surface area contributed by atoms with Crippen LogP contribution in [0, 0.1) is 23.6 Å². The normalized spacial score (nSPS) is 28.5. The van der Waals surface area contributed by atoms with Crippen LogP contribution in [0.4, 0.5) is 10.1 Å². The minimum Gasteiger partial charge on any atom is -0.359 e. The fraction of sp³-hybridized carbons (Fsp3) is 0.370. The molecule has 2 fully saturated rings. The van der Waals surface area contributed by atoms with Crippen LogP contribution in [0.2, 0.25) is 0 Å². The first kappa shape index (κ1) is 23.2. The van der Waals surface area contributed by atoms with Crippen molar-refractivity contribution in [3.63, 3.8) is 0 Å². The molecule has 182 valence electrons.